The Hall–Kier alpha value is -12.0. The van der Waals surface area contributed by atoms with Crippen molar-refractivity contribution >= 4 is 82.9 Å². The minimum atomic E-state index is -1.43. The smallest absolute Gasteiger partial charge is 0.263 e. The molecule has 5 atom stereocenters. The number of hydrogen-bond donors (Lipinski definition) is 18. The molecule has 0 fully saturated rings. The number of nitrogens with one attached hydrogen (secondary N) is 12. The van der Waals surface area contributed by atoms with Gasteiger partial charge in [-0.25, -0.2) is 5.01 Å². The second-order valence-corrected chi connectivity index (χ2v) is 26.6. The van der Waals surface area contributed by atoms with E-state index in [1.807, 2.05) is 0 Å². The number of unbranched alkanes of at least 4 members (excludes halogenated alkanes) is 2. The van der Waals surface area contributed by atoms with Crippen molar-refractivity contribution < 1.29 is 52.7 Å². The van der Waals surface area contributed by atoms with E-state index in [0.29, 0.717) is 59.9 Å². The molecule has 34 heteroatoms. The molecule has 0 saturated carbocycles. The first-order chi connectivity index (χ1) is 53.4. The zero-order chi connectivity index (χ0) is 80.9. The van der Waals surface area contributed by atoms with Crippen LogP contribution in [0.15, 0.2) is 152 Å². The quantitative estimate of drug-likeness (QED) is 0.0102. The van der Waals surface area contributed by atoms with Crippen molar-refractivity contribution in [3.63, 3.8) is 0 Å². The summed E-state index contributed by atoms with van der Waals surface area (Å²) in [5.41, 5.74) is 39.9. The van der Waals surface area contributed by atoms with Gasteiger partial charge in [0.15, 0.2) is 17.9 Å². The lowest BCUT2D eigenvalue weighted by Gasteiger charge is -2.32. The van der Waals surface area contributed by atoms with Crippen molar-refractivity contribution in [1.82, 2.24) is 72.6 Å². The Morgan fingerprint density at radius 1 is 0.324 bits per heavy atom. The minimum absolute atomic E-state index is 0.00815. The van der Waals surface area contributed by atoms with Gasteiger partial charge in [-0.05, 0) is 118 Å². The van der Waals surface area contributed by atoms with E-state index >= 15 is 14.4 Å². The van der Waals surface area contributed by atoms with Crippen LogP contribution in [0.2, 0.25) is 0 Å². The van der Waals surface area contributed by atoms with E-state index < -0.39 is 128 Å². The van der Waals surface area contributed by atoms with E-state index in [1.165, 1.54) is 26.5 Å². The summed E-state index contributed by atoms with van der Waals surface area (Å²) in [6.45, 7) is -1.65. The normalized spacial score (nSPS) is 12.1. The molecule has 0 unspecified atom stereocenters. The molecule has 24 N–H and O–H groups in total. The Morgan fingerprint density at radius 2 is 0.568 bits per heavy atom. The van der Waals surface area contributed by atoms with Crippen molar-refractivity contribution in [1.29, 1.82) is 16.2 Å². The number of nitrogens with zero attached hydrogens (tertiary/aromatic N) is 5. The molecule has 0 aromatic heterocycles. The van der Waals surface area contributed by atoms with Gasteiger partial charge in [0.1, 0.15) is 30.2 Å². The second-order valence-electron chi connectivity index (χ2n) is 26.6. The van der Waals surface area contributed by atoms with E-state index in [9.17, 15) is 38.4 Å². The average Bonchev–Trinajstić information content (AvgIpc) is 0.849. The predicted octanol–water partition coefficient (Wildman–Crippen LogP) is -0.388. The molecule has 5 aromatic rings. The van der Waals surface area contributed by atoms with Crippen molar-refractivity contribution in [3.05, 3.63) is 179 Å². The molecule has 0 bridgehead atoms. The molecule has 111 heavy (non-hydrogen) atoms. The largest absolute Gasteiger partial charge is 0.370 e. The summed E-state index contributed by atoms with van der Waals surface area (Å²) in [6, 6.07) is 37.2. The molecule has 0 heterocycles. The molecular formula is C77H111N23O11. The highest BCUT2D eigenvalue weighted by molar-refractivity contribution is 5.97. The summed E-state index contributed by atoms with van der Waals surface area (Å²) >= 11 is 0. The Kier molecular flexibility index (Phi) is 40.2. The first-order valence-corrected chi connectivity index (χ1v) is 37.1. The summed E-state index contributed by atoms with van der Waals surface area (Å²) in [7, 11) is 0. The van der Waals surface area contributed by atoms with Crippen LogP contribution in [-0.4, -0.2) is 203 Å². The van der Waals surface area contributed by atoms with Crippen LogP contribution in [0.1, 0.15) is 112 Å². The third-order valence-electron chi connectivity index (χ3n) is 17.4. The molecule has 600 valence electrons. The van der Waals surface area contributed by atoms with E-state index in [-0.39, 0.29) is 128 Å². The van der Waals surface area contributed by atoms with Crippen LogP contribution in [0.3, 0.4) is 0 Å². The van der Waals surface area contributed by atoms with Crippen LogP contribution in [0.5, 0.6) is 0 Å². The molecule has 5 rings (SSSR count). The van der Waals surface area contributed by atoms with Crippen LogP contribution < -0.4 is 82.4 Å². The number of benzene rings is 5. The number of rotatable bonds is 49. The van der Waals surface area contributed by atoms with Gasteiger partial charge < -0.3 is 96.5 Å². The molecule has 0 aliphatic rings. The standard InChI is InChI=1S/C77H111N23O11/c1-54(101)90-60(36-21-41-87-75(81)82)70(107)96(45-55-24-7-2-8-25-55)50-66(103)91-61(34-17-19-39-78)71(108)97(46-56-26-9-3-10-27-56)52-68(105)93-63(37-22-42-88-76(83)84)73(110)99(48-58-30-13-5-14-31-58)51-67(104)92-62(35-18-20-40-79)72(109)98(47-57-28-11-4-12-29-57)53-69(106)94-64(38-23-43-89-77(85)86)74(111)100(95-65(102)44-80)49-59-32-15-6-16-33-59/h2-16,24-33,60-64H,17-23,34-53,78-80H2,1H3,(H,90,101)(H,91,103)(H,92,104)(H,93,105)(H,94,106)(H,95,102)(H4,81,82,87)(H4,83,84,88)(H4,85,86,89)/t60-,61-,62-,63-,64-/m0/s1. The fourth-order valence-electron chi connectivity index (χ4n) is 12.0. The van der Waals surface area contributed by atoms with Crippen LogP contribution in [0, 0.1) is 16.2 Å². The first kappa shape index (κ1) is 89.6. The Morgan fingerprint density at radius 3 is 0.811 bits per heavy atom. The van der Waals surface area contributed by atoms with Crippen LogP contribution in [0.25, 0.3) is 0 Å². The van der Waals surface area contributed by atoms with Crippen LogP contribution >= 0.6 is 0 Å². The number of carbonyl (C=O) groups is 11. The second kappa shape index (κ2) is 49.8. The van der Waals surface area contributed by atoms with Gasteiger partial charge in [-0.1, -0.05) is 152 Å². The number of hydrazine groups is 1. The molecule has 0 aliphatic heterocycles. The van der Waals surface area contributed by atoms with Crippen molar-refractivity contribution in [2.45, 2.75) is 147 Å². The van der Waals surface area contributed by atoms with Gasteiger partial charge in [-0.3, -0.25) is 74.4 Å². The lowest BCUT2D eigenvalue weighted by Crippen LogP contribution is -2.57. The fourth-order valence-corrected chi connectivity index (χ4v) is 12.0. The van der Waals surface area contributed by atoms with Gasteiger partial charge in [0, 0.05) is 52.7 Å². The third kappa shape index (κ3) is 34.8. The number of nitrogens with two attached hydrogens (primary N) is 6. The lowest BCUT2D eigenvalue weighted by molar-refractivity contribution is -0.146. The van der Waals surface area contributed by atoms with E-state index in [0.717, 1.165) is 5.01 Å². The monoisotopic (exact) mass is 1530 g/mol. The SMILES string of the molecule is CC(=O)N[C@@H](CCCNC(=N)N)C(=O)N(CC(=O)N[C@@H](CCCCN)C(=O)N(CC(=O)N[C@@H](CCCNC(=N)N)C(=O)N(CC(=O)N[C@@H](CCCCN)C(=O)N(CC(=O)N[C@@H](CCCNC(=N)N)C(=O)N(Cc1ccccc1)NC(=O)CN)Cc1ccccc1)Cc1ccccc1)Cc1ccccc1)Cc1ccccc1. The zero-order valence-electron chi connectivity index (χ0n) is 63.1. The number of carbonyl (C=O) groups excluding carboxylic acids is 11. The lowest BCUT2D eigenvalue weighted by atomic mass is 10.1. The van der Waals surface area contributed by atoms with Gasteiger partial charge in [0.25, 0.3) is 11.8 Å². The average molecular weight is 1530 g/mol. The number of amides is 11. The molecule has 34 nitrogen and oxygen atoms in total. The molecule has 0 saturated heterocycles. The van der Waals surface area contributed by atoms with Gasteiger partial charge in [-0.15, -0.1) is 0 Å². The Bertz CT molecular complexity index is 3800. The van der Waals surface area contributed by atoms with Gasteiger partial charge in [0.05, 0.1) is 39.3 Å². The Labute approximate surface area is 647 Å². The summed E-state index contributed by atoms with van der Waals surface area (Å²) in [6.07, 6.45) is 2.17. The van der Waals surface area contributed by atoms with Crippen molar-refractivity contribution in [2.24, 2.45) is 34.4 Å². The van der Waals surface area contributed by atoms with Gasteiger partial charge in [0.2, 0.25) is 53.2 Å². The summed E-state index contributed by atoms with van der Waals surface area (Å²) < 4.78 is 0. The van der Waals surface area contributed by atoms with Gasteiger partial charge in [-0.2, -0.15) is 0 Å². The zero-order valence-corrected chi connectivity index (χ0v) is 63.1. The highest BCUT2D eigenvalue weighted by Gasteiger charge is 2.36. The summed E-state index contributed by atoms with van der Waals surface area (Å²) in [4.78, 5) is 164. The predicted molar refractivity (Wildman–Crippen MR) is 420 cm³/mol. The summed E-state index contributed by atoms with van der Waals surface area (Å²) in [5, 5.41) is 46.1. The number of hydrogen-bond acceptors (Lipinski definition) is 17. The number of guanidine groups is 3. The Balaban J connectivity index is 1.48. The highest BCUT2D eigenvalue weighted by atomic mass is 16.2. The molecular weight excluding hydrogens is 1420 g/mol. The van der Waals surface area contributed by atoms with Crippen LogP contribution in [0.4, 0.5) is 0 Å². The maximum absolute atomic E-state index is 15.5. The van der Waals surface area contributed by atoms with E-state index in [4.69, 9.17) is 50.6 Å². The molecule has 5 aromatic carbocycles. The van der Waals surface area contributed by atoms with E-state index in [1.54, 1.807) is 152 Å². The topological polar surface area (TPSA) is 540 Å². The fraction of sp³-hybridized carbons (Fsp3) is 0.429. The van der Waals surface area contributed by atoms with E-state index in [2.05, 4.69) is 48.0 Å². The van der Waals surface area contributed by atoms with Crippen molar-refractivity contribution in [3.8, 4) is 0 Å². The maximum atomic E-state index is 15.5. The molecule has 0 spiro atoms. The first-order valence-electron chi connectivity index (χ1n) is 37.1. The minimum Gasteiger partial charge on any atom is -0.370 e. The third-order valence-corrected chi connectivity index (χ3v) is 17.4. The molecule has 0 radical (unpaired) electrons. The van der Waals surface area contributed by atoms with Crippen molar-refractivity contribution in [2.75, 3.05) is 65.4 Å². The highest BCUT2D eigenvalue weighted by Crippen LogP contribution is 2.18. The van der Waals surface area contributed by atoms with Gasteiger partial charge >= 0.3 is 0 Å². The summed E-state index contributed by atoms with van der Waals surface area (Å²) in [5.74, 6) is -8.84. The molecule has 0 aliphatic carbocycles. The maximum Gasteiger partial charge on any atom is 0.263 e. The van der Waals surface area contributed by atoms with Crippen LogP contribution in [-0.2, 0) is 85.5 Å². The molecule has 11 amide bonds.